The summed E-state index contributed by atoms with van der Waals surface area (Å²) < 4.78 is 11.9. The summed E-state index contributed by atoms with van der Waals surface area (Å²) >= 11 is 0. The van der Waals surface area contributed by atoms with E-state index in [1.165, 1.54) is 0 Å². The number of aromatic amines is 1. The summed E-state index contributed by atoms with van der Waals surface area (Å²) in [5.41, 5.74) is 6.84. The number of nitrogens with zero attached hydrogens (tertiary/aromatic N) is 2. The van der Waals surface area contributed by atoms with Gasteiger partial charge in [-0.15, -0.1) is 0 Å². The summed E-state index contributed by atoms with van der Waals surface area (Å²) in [7, 11) is 0. The Kier molecular flexibility index (Phi) is 5.64. The zero-order valence-corrected chi connectivity index (χ0v) is 19.2. The number of para-hydroxylation sites is 1. The van der Waals surface area contributed by atoms with Crippen LogP contribution in [0.15, 0.2) is 77.9 Å². The molecule has 0 atom stereocenters. The number of anilines is 1. The average Bonchev–Trinajstić information content (AvgIpc) is 2.91. The third-order valence-electron chi connectivity index (χ3n) is 6.42. The highest BCUT2D eigenvalue weighted by atomic mass is 16.5. The van der Waals surface area contributed by atoms with E-state index in [-0.39, 0.29) is 5.56 Å². The van der Waals surface area contributed by atoms with Crippen LogP contribution in [-0.2, 0) is 11.2 Å². The van der Waals surface area contributed by atoms with Crippen LogP contribution in [0.1, 0.15) is 22.3 Å². The van der Waals surface area contributed by atoms with Crippen LogP contribution in [-0.4, -0.2) is 36.3 Å². The smallest absolute Gasteiger partial charge is 0.250 e. The molecular weight excluding hydrogens is 438 g/mol. The zero-order valence-electron chi connectivity index (χ0n) is 19.2. The second kappa shape index (κ2) is 9.24. The molecule has 2 aromatic carbocycles. The van der Waals surface area contributed by atoms with Crippen LogP contribution in [0.3, 0.4) is 0 Å². The molecule has 6 rings (SSSR count). The summed E-state index contributed by atoms with van der Waals surface area (Å²) in [4.78, 5) is 21.9. The standard InChI is InChI=1S/C29H25N3O3/c33-28-18-24(32-11-13-34-14-12-32)17-26(31-28)25-5-1-4-22-16-23-15-20(8-9-27(23)35-29(22)25)6-7-21-3-2-10-30-19-21/h1-10,15,17-19H,11-14,16H2,(H,31,33)/b7-6+. The van der Waals surface area contributed by atoms with Gasteiger partial charge in [0.15, 0.2) is 0 Å². The fourth-order valence-corrected chi connectivity index (χ4v) is 4.66. The number of benzene rings is 2. The third kappa shape index (κ3) is 4.48. The van der Waals surface area contributed by atoms with E-state index in [2.05, 4.69) is 45.2 Å². The van der Waals surface area contributed by atoms with Crippen LogP contribution in [0.25, 0.3) is 23.4 Å². The first kappa shape index (κ1) is 21.4. The minimum atomic E-state index is -0.122. The monoisotopic (exact) mass is 463 g/mol. The number of pyridine rings is 2. The Balaban J connectivity index is 1.31. The van der Waals surface area contributed by atoms with E-state index < -0.39 is 0 Å². The highest BCUT2D eigenvalue weighted by Crippen LogP contribution is 2.42. The molecule has 0 amide bonds. The Bertz CT molecular complexity index is 1450. The lowest BCUT2D eigenvalue weighted by Crippen LogP contribution is -2.36. The Labute approximate surface area is 203 Å². The van der Waals surface area contributed by atoms with Gasteiger partial charge in [-0.25, -0.2) is 0 Å². The van der Waals surface area contributed by atoms with E-state index in [1.807, 2.05) is 42.6 Å². The fraction of sp³-hybridized carbons (Fsp3) is 0.172. The predicted octanol–water partition coefficient (Wildman–Crippen LogP) is 5.14. The summed E-state index contributed by atoms with van der Waals surface area (Å²) in [5.74, 6) is 1.64. The molecule has 35 heavy (non-hydrogen) atoms. The van der Waals surface area contributed by atoms with E-state index in [4.69, 9.17) is 9.47 Å². The minimum absolute atomic E-state index is 0.122. The van der Waals surface area contributed by atoms with Crippen molar-refractivity contribution in [3.05, 3.63) is 106 Å². The molecule has 0 radical (unpaired) electrons. The van der Waals surface area contributed by atoms with Gasteiger partial charge in [-0.3, -0.25) is 9.78 Å². The van der Waals surface area contributed by atoms with Gasteiger partial charge in [0.05, 0.1) is 18.9 Å². The van der Waals surface area contributed by atoms with E-state index in [0.717, 1.165) is 70.2 Å². The normalized spacial score (nSPS) is 14.9. The average molecular weight is 464 g/mol. The lowest BCUT2D eigenvalue weighted by molar-refractivity contribution is 0.122. The molecule has 0 spiro atoms. The largest absolute Gasteiger partial charge is 0.456 e. The predicted molar refractivity (Wildman–Crippen MR) is 138 cm³/mol. The lowest BCUT2D eigenvalue weighted by atomic mass is 9.95. The zero-order chi connectivity index (χ0) is 23.6. The van der Waals surface area contributed by atoms with Gasteiger partial charge in [-0.05, 0) is 52.6 Å². The van der Waals surface area contributed by atoms with Gasteiger partial charge < -0.3 is 19.4 Å². The molecule has 4 aromatic rings. The summed E-state index contributed by atoms with van der Waals surface area (Å²) in [6.07, 6.45) is 8.52. The molecule has 6 heteroatoms. The minimum Gasteiger partial charge on any atom is -0.456 e. The maximum atomic E-state index is 12.5. The molecule has 6 nitrogen and oxygen atoms in total. The van der Waals surface area contributed by atoms with Crippen LogP contribution in [0.4, 0.5) is 5.69 Å². The molecule has 1 saturated heterocycles. The lowest BCUT2D eigenvalue weighted by Gasteiger charge is -2.29. The fourth-order valence-electron chi connectivity index (χ4n) is 4.66. The van der Waals surface area contributed by atoms with E-state index in [0.29, 0.717) is 13.2 Å². The first-order valence-electron chi connectivity index (χ1n) is 11.8. The molecule has 0 aliphatic carbocycles. The number of rotatable bonds is 4. The van der Waals surface area contributed by atoms with Crippen molar-refractivity contribution >= 4 is 17.8 Å². The Hall–Kier alpha value is -4.16. The van der Waals surface area contributed by atoms with Crippen molar-refractivity contribution in [1.29, 1.82) is 0 Å². The molecule has 0 bridgehead atoms. The first-order chi connectivity index (χ1) is 17.2. The van der Waals surface area contributed by atoms with Crippen molar-refractivity contribution in [2.75, 3.05) is 31.2 Å². The molecule has 4 heterocycles. The van der Waals surface area contributed by atoms with Gasteiger partial charge in [0.25, 0.3) is 0 Å². The highest BCUT2D eigenvalue weighted by Gasteiger charge is 2.22. The van der Waals surface area contributed by atoms with Gasteiger partial charge in [0.2, 0.25) is 5.56 Å². The van der Waals surface area contributed by atoms with Gasteiger partial charge >= 0.3 is 0 Å². The van der Waals surface area contributed by atoms with E-state index in [1.54, 1.807) is 12.3 Å². The molecule has 174 valence electrons. The van der Waals surface area contributed by atoms with Crippen molar-refractivity contribution < 1.29 is 9.47 Å². The number of morpholine rings is 1. The Morgan fingerprint density at radius 3 is 2.66 bits per heavy atom. The Morgan fingerprint density at radius 2 is 1.80 bits per heavy atom. The maximum Gasteiger partial charge on any atom is 0.250 e. The molecule has 1 N–H and O–H groups in total. The summed E-state index contributed by atoms with van der Waals surface area (Å²) in [5, 5.41) is 0. The number of H-pyrrole nitrogens is 1. The molecule has 2 aromatic heterocycles. The SMILES string of the molecule is O=c1cc(N2CCOCC2)cc(-c2cccc3c2Oc2ccc(/C=C/c4cccnc4)cc2C3)[nH]1. The quantitative estimate of drug-likeness (QED) is 0.400. The van der Waals surface area contributed by atoms with Crippen molar-refractivity contribution in [3.8, 4) is 22.8 Å². The highest BCUT2D eigenvalue weighted by molar-refractivity contribution is 5.75. The van der Waals surface area contributed by atoms with Crippen LogP contribution >= 0.6 is 0 Å². The summed E-state index contributed by atoms with van der Waals surface area (Å²) in [6.45, 7) is 2.89. The molecular formula is C29H25N3O3. The van der Waals surface area contributed by atoms with Crippen molar-refractivity contribution in [2.45, 2.75) is 6.42 Å². The Morgan fingerprint density at radius 1 is 0.914 bits per heavy atom. The van der Waals surface area contributed by atoms with E-state index >= 15 is 0 Å². The van der Waals surface area contributed by atoms with Crippen LogP contribution in [0.2, 0.25) is 0 Å². The number of aromatic nitrogens is 2. The first-order valence-corrected chi connectivity index (χ1v) is 11.8. The third-order valence-corrected chi connectivity index (χ3v) is 6.42. The van der Waals surface area contributed by atoms with E-state index in [9.17, 15) is 4.79 Å². The molecule has 2 aliphatic heterocycles. The summed E-state index contributed by atoms with van der Waals surface area (Å²) in [6, 6.07) is 20.0. The number of fused-ring (bicyclic) bond motifs is 2. The number of hydrogen-bond donors (Lipinski definition) is 1. The molecule has 1 fully saturated rings. The van der Waals surface area contributed by atoms with Crippen LogP contribution in [0, 0.1) is 0 Å². The van der Waals surface area contributed by atoms with Crippen molar-refractivity contribution in [3.63, 3.8) is 0 Å². The number of hydrogen-bond acceptors (Lipinski definition) is 5. The van der Waals surface area contributed by atoms with Gasteiger partial charge in [0.1, 0.15) is 11.5 Å². The molecule has 2 aliphatic rings. The van der Waals surface area contributed by atoms with Gasteiger partial charge in [0, 0.05) is 49.2 Å². The van der Waals surface area contributed by atoms with Crippen molar-refractivity contribution in [1.82, 2.24) is 9.97 Å². The van der Waals surface area contributed by atoms with Gasteiger partial charge in [-0.2, -0.15) is 0 Å². The second-order valence-corrected chi connectivity index (χ2v) is 8.78. The number of ether oxygens (including phenoxy) is 2. The maximum absolute atomic E-state index is 12.5. The van der Waals surface area contributed by atoms with Crippen molar-refractivity contribution in [2.24, 2.45) is 0 Å². The number of nitrogens with one attached hydrogen (secondary N) is 1. The van der Waals surface area contributed by atoms with Crippen LogP contribution in [0.5, 0.6) is 11.5 Å². The molecule has 0 unspecified atom stereocenters. The van der Waals surface area contributed by atoms with Gasteiger partial charge in [-0.1, -0.05) is 36.4 Å². The van der Waals surface area contributed by atoms with Crippen LogP contribution < -0.4 is 15.2 Å². The topological polar surface area (TPSA) is 67.5 Å². The molecule has 0 saturated carbocycles. The second-order valence-electron chi connectivity index (χ2n) is 8.78.